The highest BCUT2D eigenvalue weighted by molar-refractivity contribution is 6.14. The van der Waals surface area contributed by atoms with E-state index in [1.807, 2.05) is 0 Å². The van der Waals surface area contributed by atoms with Gasteiger partial charge in [0, 0.05) is 12.1 Å². The van der Waals surface area contributed by atoms with Gasteiger partial charge in [-0.25, -0.2) is 9.18 Å². The fourth-order valence-corrected chi connectivity index (χ4v) is 2.51. The van der Waals surface area contributed by atoms with Crippen LogP contribution in [-0.4, -0.2) is 11.8 Å². The van der Waals surface area contributed by atoms with Gasteiger partial charge in [0.25, 0.3) is 0 Å². The number of fused-ring (bicyclic) bond motifs is 1. The highest BCUT2D eigenvalue weighted by Gasteiger charge is 2.28. The quantitative estimate of drug-likeness (QED) is 0.401. The predicted octanol–water partition coefficient (Wildman–Crippen LogP) is 4.25. The maximum Gasteiger partial charge on any atom is 0.343 e. The van der Waals surface area contributed by atoms with Gasteiger partial charge >= 0.3 is 5.97 Å². The number of ether oxygens (including phenoxy) is 2. The van der Waals surface area contributed by atoms with Crippen LogP contribution >= 0.6 is 0 Å². The van der Waals surface area contributed by atoms with Gasteiger partial charge in [0.05, 0.1) is 17.4 Å². The Labute approximate surface area is 147 Å². The third kappa shape index (κ3) is 3.00. The van der Waals surface area contributed by atoms with E-state index in [2.05, 4.69) is 0 Å². The summed E-state index contributed by atoms with van der Waals surface area (Å²) in [4.78, 5) is 24.4. The summed E-state index contributed by atoms with van der Waals surface area (Å²) in [5, 5.41) is 0. The molecule has 6 heteroatoms. The van der Waals surface area contributed by atoms with Gasteiger partial charge in [0.15, 0.2) is 5.76 Å². The number of benzene rings is 2. The van der Waals surface area contributed by atoms with E-state index in [1.165, 1.54) is 48.7 Å². The summed E-state index contributed by atoms with van der Waals surface area (Å²) in [5.41, 5.74) is 0.439. The van der Waals surface area contributed by atoms with Crippen molar-refractivity contribution >= 4 is 17.8 Å². The van der Waals surface area contributed by atoms with Gasteiger partial charge in [-0.3, -0.25) is 4.79 Å². The molecule has 5 nitrogen and oxygen atoms in total. The highest BCUT2D eigenvalue weighted by atomic mass is 19.1. The topological polar surface area (TPSA) is 65.7 Å². The Morgan fingerprint density at radius 1 is 1.08 bits per heavy atom. The van der Waals surface area contributed by atoms with E-state index in [1.54, 1.807) is 12.1 Å². The van der Waals surface area contributed by atoms with Crippen molar-refractivity contribution in [3.8, 4) is 11.5 Å². The summed E-state index contributed by atoms with van der Waals surface area (Å²) >= 11 is 0. The number of hydrogen-bond donors (Lipinski definition) is 0. The smallest absolute Gasteiger partial charge is 0.343 e. The van der Waals surface area contributed by atoms with E-state index >= 15 is 0 Å². The SMILES string of the molecule is O=C(Oc1ccc2c(c1)O/C(=C\c1ccco1)C2=O)c1cccc(F)c1. The number of ketones is 1. The van der Waals surface area contributed by atoms with Crippen LogP contribution in [-0.2, 0) is 0 Å². The molecule has 0 aliphatic carbocycles. The van der Waals surface area contributed by atoms with Crippen LogP contribution in [0.1, 0.15) is 26.5 Å². The second-order valence-corrected chi connectivity index (χ2v) is 5.51. The van der Waals surface area contributed by atoms with Crippen LogP contribution in [0.15, 0.2) is 71.0 Å². The third-order valence-electron chi connectivity index (χ3n) is 3.73. The van der Waals surface area contributed by atoms with Crippen molar-refractivity contribution in [2.45, 2.75) is 0 Å². The van der Waals surface area contributed by atoms with Gasteiger partial charge in [0.1, 0.15) is 23.1 Å². The molecule has 1 aliphatic heterocycles. The first-order valence-electron chi connectivity index (χ1n) is 7.70. The fraction of sp³-hybridized carbons (Fsp3) is 0. The molecule has 1 aliphatic rings. The van der Waals surface area contributed by atoms with E-state index < -0.39 is 11.8 Å². The van der Waals surface area contributed by atoms with Crippen LogP contribution < -0.4 is 9.47 Å². The zero-order valence-electron chi connectivity index (χ0n) is 13.3. The number of carbonyl (C=O) groups excluding carboxylic acids is 2. The summed E-state index contributed by atoms with van der Waals surface area (Å²) in [5.74, 6) is -0.473. The van der Waals surface area contributed by atoms with E-state index in [4.69, 9.17) is 13.9 Å². The molecule has 2 aromatic carbocycles. The first kappa shape index (κ1) is 15.8. The first-order valence-corrected chi connectivity index (χ1v) is 7.70. The number of esters is 1. The van der Waals surface area contributed by atoms with E-state index in [0.717, 1.165) is 6.07 Å². The van der Waals surface area contributed by atoms with Crippen molar-refractivity contribution in [2.24, 2.45) is 0 Å². The molecule has 0 saturated heterocycles. The summed E-state index contributed by atoms with van der Waals surface area (Å²) in [7, 11) is 0. The minimum atomic E-state index is -0.708. The molecule has 128 valence electrons. The van der Waals surface area contributed by atoms with Crippen LogP contribution in [0.4, 0.5) is 4.39 Å². The molecule has 0 saturated carbocycles. The van der Waals surface area contributed by atoms with Gasteiger partial charge < -0.3 is 13.9 Å². The normalized spacial score (nSPS) is 14.2. The van der Waals surface area contributed by atoms with Gasteiger partial charge in [0.2, 0.25) is 5.78 Å². The number of Topliss-reactive ketones (excluding diaryl/α,β-unsaturated/α-hetero) is 1. The summed E-state index contributed by atoms with van der Waals surface area (Å²) in [6.45, 7) is 0. The average molecular weight is 350 g/mol. The Balaban J connectivity index is 1.56. The van der Waals surface area contributed by atoms with Gasteiger partial charge in [-0.1, -0.05) is 6.07 Å². The molecule has 2 heterocycles. The standard InChI is InChI=1S/C20H11FO5/c21-13-4-1-3-12(9-13)20(23)25-15-6-7-16-17(11-15)26-18(19(16)22)10-14-5-2-8-24-14/h1-11H/b18-10-. The molecule has 0 N–H and O–H groups in total. The molecule has 0 atom stereocenters. The van der Waals surface area contributed by atoms with Crippen molar-refractivity contribution in [2.75, 3.05) is 0 Å². The average Bonchev–Trinajstić information content (AvgIpc) is 3.24. The van der Waals surface area contributed by atoms with Crippen molar-refractivity contribution in [1.82, 2.24) is 0 Å². The molecular formula is C20H11FO5. The zero-order valence-corrected chi connectivity index (χ0v) is 13.3. The molecule has 0 spiro atoms. The fourth-order valence-electron chi connectivity index (χ4n) is 2.51. The van der Waals surface area contributed by atoms with Gasteiger partial charge in [-0.15, -0.1) is 0 Å². The Bertz CT molecular complexity index is 1030. The Morgan fingerprint density at radius 3 is 2.73 bits per heavy atom. The van der Waals surface area contributed by atoms with Crippen molar-refractivity contribution < 1.29 is 27.9 Å². The molecular weight excluding hydrogens is 339 g/mol. The largest absolute Gasteiger partial charge is 0.465 e. The molecule has 0 fully saturated rings. The van der Waals surface area contributed by atoms with Gasteiger partial charge in [-0.05, 0) is 42.5 Å². The molecule has 26 heavy (non-hydrogen) atoms. The maximum atomic E-state index is 13.2. The maximum absolute atomic E-state index is 13.2. The van der Waals surface area contributed by atoms with Crippen molar-refractivity contribution in [1.29, 1.82) is 0 Å². The third-order valence-corrected chi connectivity index (χ3v) is 3.73. The minimum Gasteiger partial charge on any atom is -0.465 e. The van der Waals surface area contributed by atoms with E-state index in [-0.39, 0.29) is 28.6 Å². The van der Waals surface area contributed by atoms with Crippen LogP contribution in [0.5, 0.6) is 11.5 Å². The number of halogens is 1. The monoisotopic (exact) mass is 350 g/mol. The molecule has 0 radical (unpaired) electrons. The number of allylic oxidation sites excluding steroid dienone is 1. The summed E-state index contributed by atoms with van der Waals surface area (Å²) in [6.07, 6.45) is 2.98. The summed E-state index contributed by atoms with van der Waals surface area (Å²) in [6, 6.07) is 13.0. The van der Waals surface area contributed by atoms with E-state index in [0.29, 0.717) is 11.3 Å². The lowest BCUT2D eigenvalue weighted by molar-refractivity contribution is 0.0734. The number of carbonyl (C=O) groups is 2. The lowest BCUT2D eigenvalue weighted by Crippen LogP contribution is -2.08. The second-order valence-electron chi connectivity index (χ2n) is 5.51. The van der Waals surface area contributed by atoms with Crippen LogP contribution in [0.25, 0.3) is 6.08 Å². The van der Waals surface area contributed by atoms with Crippen molar-refractivity contribution in [3.63, 3.8) is 0 Å². The summed E-state index contributed by atoms with van der Waals surface area (Å²) < 4.78 is 29.1. The number of hydrogen-bond acceptors (Lipinski definition) is 5. The molecule has 0 unspecified atom stereocenters. The second kappa shape index (κ2) is 6.33. The zero-order chi connectivity index (χ0) is 18.1. The Morgan fingerprint density at radius 2 is 1.96 bits per heavy atom. The molecule has 3 aromatic rings. The van der Waals surface area contributed by atoms with Crippen molar-refractivity contribution in [3.05, 3.63) is 89.3 Å². The molecule has 0 amide bonds. The molecule has 1 aromatic heterocycles. The predicted molar refractivity (Wildman–Crippen MR) is 89.4 cm³/mol. The Kier molecular flexibility index (Phi) is 3.85. The van der Waals surface area contributed by atoms with Crippen LogP contribution in [0.3, 0.4) is 0 Å². The van der Waals surface area contributed by atoms with E-state index in [9.17, 15) is 14.0 Å². The van der Waals surface area contributed by atoms with Crippen LogP contribution in [0, 0.1) is 5.82 Å². The van der Waals surface area contributed by atoms with Crippen LogP contribution in [0.2, 0.25) is 0 Å². The Hall–Kier alpha value is -3.67. The minimum absolute atomic E-state index is 0.0842. The first-order chi connectivity index (χ1) is 12.6. The van der Waals surface area contributed by atoms with Gasteiger partial charge in [-0.2, -0.15) is 0 Å². The molecule has 0 bridgehead atoms. The lowest BCUT2D eigenvalue weighted by atomic mass is 10.1. The highest BCUT2D eigenvalue weighted by Crippen LogP contribution is 2.35. The molecule has 4 rings (SSSR count). The number of furan rings is 1. The number of rotatable bonds is 3. The lowest BCUT2D eigenvalue weighted by Gasteiger charge is -2.05.